The molecule has 200 valence electrons. The topological polar surface area (TPSA) is 101 Å². The van der Waals surface area contributed by atoms with Gasteiger partial charge >= 0.3 is 0 Å². The summed E-state index contributed by atoms with van der Waals surface area (Å²) < 4.78 is -0.255. The number of hydrogen-bond donors (Lipinski definition) is 5. The third-order valence-corrected chi connectivity index (χ3v) is 9.20. The van der Waals surface area contributed by atoms with Crippen LogP contribution in [0.5, 0.6) is 0 Å². The van der Waals surface area contributed by atoms with E-state index in [1.165, 1.54) is 89.9 Å². The highest BCUT2D eigenvalue weighted by Crippen LogP contribution is 2.31. The second kappa shape index (κ2) is 24.2. The van der Waals surface area contributed by atoms with E-state index in [1.807, 2.05) is 0 Å². The van der Waals surface area contributed by atoms with E-state index in [2.05, 4.69) is 13.8 Å². The van der Waals surface area contributed by atoms with Gasteiger partial charge in [-0.2, -0.15) is 0 Å². The third kappa shape index (κ3) is 18.4. The van der Waals surface area contributed by atoms with E-state index in [4.69, 9.17) is 5.11 Å². The number of aliphatic hydroxyl groups is 5. The van der Waals surface area contributed by atoms with Crippen LogP contribution < -0.4 is 0 Å². The molecule has 0 radical (unpaired) electrons. The van der Waals surface area contributed by atoms with Gasteiger partial charge in [0.1, 0.15) is 24.4 Å². The molecule has 4 unspecified atom stereocenters. The first kappa shape index (κ1) is 33.5. The third-order valence-electron chi connectivity index (χ3n) is 6.12. The Morgan fingerprint density at radius 2 is 0.848 bits per heavy atom. The molecular weight excluding hydrogens is 456 g/mol. The van der Waals surface area contributed by atoms with Crippen LogP contribution in [0.4, 0.5) is 0 Å². The fourth-order valence-electron chi connectivity index (χ4n) is 3.81. The standard InChI is InChI=1S/C26H54O5S2/c1-3-5-7-9-11-13-15-17-19-32-26(25(31)24(30)23(29)22(28)21-27)33-20-18-16-14-12-10-8-6-4-2/h22-31H,3-21H2,1-2H3. The predicted molar refractivity (Wildman–Crippen MR) is 145 cm³/mol. The number of unbranched alkanes of at least 4 members (excludes halogenated alkanes) is 14. The van der Waals surface area contributed by atoms with Gasteiger partial charge in [-0.25, -0.2) is 0 Å². The molecule has 4 atom stereocenters. The molecule has 0 fully saturated rings. The first-order valence-electron chi connectivity index (χ1n) is 13.6. The summed E-state index contributed by atoms with van der Waals surface area (Å²) in [5, 5.41) is 49.8. The van der Waals surface area contributed by atoms with Crippen LogP contribution in [0.15, 0.2) is 0 Å². The van der Waals surface area contributed by atoms with Gasteiger partial charge in [-0.1, -0.05) is 104 Å². The maximum atomic E-state index is 10.7. The van der Waals surface area contributed by atoms with E-state index in [-0.39, 0.29) is 4.58 Å². The lowest BCUT2D eigenvalue weighted by Crippen LogP contribution is -2.48. The highest BCUT2D eigenvalue weighted by molar-refractivity contribution is 8.17. The summed E-state index contributed by atoms with van der Waals surface area (Å²) in [7, 11) is 0. The van der Waals surface area contributed by atoms with Gasteiger partial charge in [0.25, 0.3) is 0 Å². The summed E-state index contributed by atoms with van der Waals surface area (Å²) in [4.78, 5) is 0. The van der Waals surface area contributed by atoms with E-state index in [0.29, 0.717) is 0 Å². The van der Waals surface area contributed by atoms with Crippen LogP contribution in [0.3, 0.4) is 0 Å². The summed E-state index contributed by atoms with van der Waals surface area (Å²) in [5.74, 6) is 1.82. The minimum Gasteiger partial charge on any atom is -0.394 e. The van der Waals surface area contributed by atoms with Crippen LogP contribution >= 0.6 is 23.5 Å². The van der Waals surface area contributed by atoms with Crippen molar-refractivity contribution in [3.63, 3.8) is 0 Å². The maximum absolute atomic E-state index is 10.7. The molecule has 0 aromatic rings. The van der Waals surface area contributed by atoms with Gasteiger partial charge in [-0.3, -0.25) is 0 Å². The molecule has 0 aliphatic rings. The monoisotopic (exact) mass is 510 g/mol. The molecule has 0 saturated carbocycles. The van der Waals surface area contributed by atoms with Crippen molar-refractivity contribution in [2.24, 2.45) is 0 Å². The van der Waals surface area contributed by atoms with Crippen molar-refractivity contribution in [3.8, 4) is 0 Å². The zero-order valence-corrected chi connectivity index (χ0v) is 23.0. The smallest absolute Gasteiger partial charge is 0.111 e. The maximum Gasteiger partial charge on any atom is 0.111 e. The van der Waals surface area contributed by atoms with Crippen LogP contribution in [0, 0.1) is 0 Å². The fraction of sp³-hybridized carbons (Fsp3) is 1.00. The summed E-state index contributed by atoms with van der Waals surface area (Å²) >= 11 is 3.28. The van der Waals surface area contributed by atoms with Crippen molar-refractivity contribution < 1.29 is 25.5 Å². The van der Waals surface area contributed by atoms with Crippen molar-refractivity contribution >= 4 is 23.5 Å². The fourth-order valence-corrected chi connectivity index (χ4v) is 6.70. The zero-order valence-electron chi connectivity index (χ0n) is 21.4. The molecule has 0 heterocycles. The largest absolute Gasteiger partial charge is 0.394 e. The SMILES string of the molecule is CCCCCCCCCCSC(SCCCCCCCCCC)C(O)C(O)C(O)C(O)CO. The first-order chi connectivity index (χ1) is 16.0. The molecule has 0 aromatic carbocycles. The molecule has 0 saturated heterocycles. The van der Waals surface area contributed by atoms with Gasteiger partial charge in [-0.15, -0.1) is 23.5 Å². The molecule has 5 N–H and O–H groups in total. The Bertz CT molecular complexity index is 381. The predicted octanol–water partition coefficient (Wildman–Crippen LogP) is 5.50. The van der Waals surface area contributed by atoms with Crippen LogP contribution in [0.25, 0.3) is 0 Å². The molecule has 0 bridgehead atoms. The molecule has 0 rings (SSSR count). The lowest BCUT2D eigenvalue weighted by molar-refractivity contribution is -0.111. The average Bonchev–Trinajstić information content (AvgIpc) is 2.83. The van der Waals surface area contributed by atoms with Crippen LogP contribution in [0.2, 0.25) is 0 Å². The molecule has 33 heavy (non-hydrogen) atoms. The van der Waals surface area contributed by atoms with E-state index in [0.717, 1.165) is 24.3 Å². The minimum atomic E-state index is -1.56. The van der Waals surface area contributed by atoms with Crippen molar-refractivity contribution in [1.82, 2.24) is 0 Å². The summed E-state index contributed by atoms with van der Waals surface area (Å²) in [5.41, 5.74) is 0. The number of rotatable bonds is 25. The summed E-state index contributed by atoms with van der Waals surface area (Å²) in [6.45, 7) is 3.82. The molecular formula is C26H54O5S2. The Labute approximate surface area is 212 Å². The normalized spacial score (nSPS) is 15.6. The molecule has 0 aromatic heterocycles. The van der Waals surface area contributed by atoms with Gasteiger partial charge in [-0.05, 0) is 24.3 Å². The van der Waals surface area contributed by atoms with E-state index < -0.39 is 31.0 Å². The Kier molecular flexibility index (Phi) is 24.6. The number of aliphatic hydroxyl groups excluding tert-OH is 5. The molecule has 0 aliphatic heterocycles. The van der Waals surface area contributed by atoms with Gasteiger partial charge < -0.3 is 25.5 Å². The van der Waals surface area contributed by atoms with Crippen molar-refractivity contribution in [2.45, 2.75) is 146 Å². The minimum absolute atomic E-state index is 0.255. The van der Waals surface area contributed by atoms with Crippen LogP contribution in [-0.2, 0) is 0 Å². The molecule has 0 spiro atoms. The Morgan fingerprint density at radius 3 is 1.21 bits per heavy atom. The highest BCUT2D eigenvalue weighted by Gasteiger charge is 2.35. The van der Waals surface area contributed by atoms with Gasteiger partial charge in [0.15, 0.2) is 0 Å². The quantitative estimate of drug-likeness (QED) is 0.0817. The average molecular weight is 511 g/mol. The highest BCUT2D eigenvalue weighted by atomic mass is 32.2. The lowest BCUT2D eigenvalue weighted by Gasteiger charge is -2.30. The van der Waals surface area contributed by atoms with E-state index >= 15 is 0 Å². The van der Waals surface area contributed by atoms with E-state index in [9.17, 15) is 20.4 Å². The van der Waals surface area contributed by atoms with Crippen molar-refractivity contribution in [1.29, 1.82) is 0 Å². The number of hydrogen-bond acceptors (Lipinski definition) is 7. The second-order valence-electron chi connectivity index (χ2n) is 9.28. The van der Waals surface area contributed by atoms with Crippen LogP contribution in [0.1, 0.15) is 117 Å². The molecule has 5 nitrogen and oxygen atoms in total. The zero-order chi connectivity index (χ0) is 24.7. The second-order valence-corrected chi connectivity index (χ2v) is 12.1. The molecule has 0 aliphatic carbocycles. The first-order valence-corrected chi connectivity index (χ1v) is 15.7. The van der Waals surface area contributed by atoms with Gasteiger partial charge in [0.05, 0.1) is 11.2 Å². The molecule has 7 heteroatoms. The summed E-state index contributed by atoms with van der Waals surface area (Å²) in [6.07, 6.45) is 14.4. The lowest BCUT2D eigenvalue weighted by atomic mass is 10.0. The number of thioether (sulfide) groups is 2. The Hall–Kier alpha value is 0.500. The van der Waals surface area contributed by atoms with Gasteiger partial charge in [0.2, 0.25) is 0 Å². The Morgan fingerprint density at radius 1 is 0.485 bits per heavy atom. The Balaban J connectivity index is 4.32. The van der Waals surface area contributed by atoms with Crippen LogP contribution in [-0.4, -0.2) is 72.6 Å². The van der Waals surface area contributed by atoms with Gasteiger partial charge in [0, 0.05) is 0 Å². The van der Waals surface area contributed by atoms with Crippen molar-refractivity contribution in [2.75, 3.05) is 18.1 Å². The van der Waals surface area contributed by atoms with E-state index in [1.54, 1.807) is 23.5 Å². The van der Waals surface area contributed by atoms with Crippen molar-refractivity contribution in [3.05, 3.63) is 0 Å². The summed E-state index contributed by atoms with van der Waals surface area (Å²) in [6, 6.07) is 0. The molecule has 0 amide bonds.